The highest BCUT2D eigenvalue weighted by atomic mass is 32.2. The van der Waals surface area contributed by atoms with E-state index in [2.05, 4.69) is 4.72 Å². The molecule has 0 saturated heterocycles. The van der Waals surface area contributed by atoms with Crippen LogP contribution in [0.4, 0.5) is 0 Å². The molecule has 2 aromatic carbocycles. The van der Waals surface area contributed by atoms with E-state index in [0.717, 1.165) is 28.0 Å². The SMILES string of the molecule is COc1ccc(CNS(=O)(=O)c2ccc(C)c(C)c2C)cc1. The lowest BCUT2D eigenvalue weighted by atomic mass is 10.1. The van der Waals surface area contributed by atoms with Crippen molar-refractivity contribution in [3.63, 3.8) is 0 Å². The Hall–Kier alpha value is -1.85. The Morgan fingerprint density at radius 1 is 0.955 bits per heavy atom. The molecule has 0 spiro atoms. The number of nitrogens with one attached hydrogen (secondary N) is 1. The summed E-state index contributed by atoms with van der Waals surface area (Å²) in [6, 6.07) is 10.8. The van der Waals surface area contributed by atoms with Gasteiger partial charge in [-0.25, -0.2) is 13.1 Å². The van der Waals surface area contributed by atoms with Crippen LogP contribution in [0, 0.1) is 20.8 Å². The molecule has 0 radical (unpaired) electrons. The Morgan fingerprint density at radius 2 is 1.59 bits per heavy atom. The van der Waals surface area contributed by atoms with E-state index in [1.165, 1.54) is 0 Å². The molecule has 0 aliphatic carbocycles. The van der Waals surface area contributed by atoms with Crippen molar-refractivity contribution in [3.8, 4) is 5.75 Å². The first kappa shape index (κ1) is 16.5. The van der Waals surface area contributed by atoms with Crippen molar-refractivity contribution in [3.05, 3.63) is 58.7 Å². The average molecular weight is 319 g/mol. The number of ether oxygens (including phenoxy) is 1. The smallest absolute Gasteiger partial charge is 0.241 e. The number of hydrogen-bond donors (Lipinski definition) is 1. The fourth-order valence-corrected chi connectivity index (χ4v) is 3.54. The molecule has 2 rings (SSSR count). The minimum atomic E-state index is -3.53. The molecule has 2 aromatic rings. The number of benzene rings is 2. The highest BCUT2D eigenvalue weighted by molar-refractivity contribution is 7.89. The van der Waals surface area contributed by atoms with E-state index in [1.807, 2.05) is 51.1 Å². The molecule has 0 heterocycles. The number of methoxy groups -OCH3 is 1. The van der Waals surface area contributed by atoms with Crippen LogP contribution in [-0.2, 0) is 16.6 Å². The molecule has 0 aliphatic heterocycles. The van der Waals surface area contributed by atoms with E-state index in [4.69, 9.17) is 4.74 Å². The Labute approximate surface area is 132 Å². The average Bonchev–Trinajstić information content (AvgIpc) is 2.51. The van der Waals surface area contributed by atoms with Gasteiger partial charge in [0.1, 0.15) is 5.75 Å². The maximum absolute atomic E-state index is 12.5. The maximum Gasteiger partial charge on any atom is 0.241 e. The van der Waals surface area contributed by atoms with Crippen molar-refractivity contribution in [2.45, 2.75) is 32.2 Å². The quantitative estimate of drug-likeness (QED) is 0.921. The second kappa shape index (κ2) is 6.50. The molecule has 5 heteroatoms. The van der Waals surface area contributed by atoms with E-state index < -0.39 is 10.0 Å². The highest BCUT2D eigenvalue weighted by Crippen LogP contribution is 2.21. The molecule has 0 atom stereocenters. The summed E-state index contributed by atoms with van der Waals surface area (Å²) in [5.74, 6) is 0.747. The molecule has 118 valence electrons. The topological polar surface area (TPSA) is 55.4 Å². The van der Waals surface area contributed by atoms with Gasteiger partial charge < -0.3 is 4.74 Å². The van der Waals surface area contributed by atoms with Crippen LogP contribution >= 0.6 is 0 Å². The maximum atomic E-state index is 12.5. The van der Waals surface area contributed by atoms with Gasteiger partial charge in [-0.1, -0.05) is 18.2 Å². The normalized spacial score (nSPS) is 11.5. The van der Waals surface area contributed by atoms with E-state index in [9.17, 15) is 8.42 Å². The van der Waals surface area contributed by atoms with Gasteiger partial charge in [0.05, 0.1) is 12.0 Å². The third kappa shape index (κ3) is 3.48. The summed E-state index contributed by atoms with van der Waals surface area (Å²) in [7, 11) is -1.93. The summed E-state index contributed by atoms with van der Waals surface area (Å²) in [6.07, 6.45) is 0. The summed E-state index contributed by atoms with van der Waals surface area (Å²) in [5.41, 5.74) is 3.77. The highest BCUT2D eigenvalue weighted by Gasteiger charge is 2.18. The second-order valence-corrected chi connectivity index (χ2v) is 7.04. The van der Waals surface area contributed by atoms with Crippen LogP contribution in [0.1, 0.15) is 22.3 Å². The van der Waals surface area contributed by atoms with Gasteiger partial charge in [-0.3, -0.25) is 0 Å². The van der Waals surface area contributed by atoms with Gasteiger partial charge in [0, 0.05) is 6.54 Å². The van der Waals surface area contributed by atoms with E-state index in [-0.39, 0.29) is 6.54 Å². The minimum Gasteiger partial charge on any atom is -0.497 e. The number of sulfonamides is 1. The zero-order valence-electron chi connectivity index (χ0n) is 13.3. The van der Waals surface area contributed by atoms with Gasteiger partial charge in [-0.05, 0) is 61.2 Å². The zero-order chi connectivity index (χ0) is 16.3. The first-order valence-electron chi connectivity index (χ1n) is 7.04. The monoisotopic (exact) mass is 319 g/mol. The van der Waals surface area contributed by atoms with Crippen LogP contribution in [0.5, 0.6) is 5.75 Å². The first-order valence-corrected chi connectivity index (χ1v) is 8.53. The van der Waals surface area contributed by atoms with Gasteiger partial charge >= 0.3 is 0 Å². The predicted molar refractivity (Wildman–Crippen MR) is 87.7 cm³/mol. The molecule has 4 nitrogen and oxygen atoms in total. The Kier molecular flexibility index (Phi) is 4.88. The Morgan fingerprint density at radius 3 is 2.18 bits per heavy atom. The largest absolute Gasteiger partial charge is 0.497 e. The van der Waals surface area contributed by atoms with Crippen molar-refractivity contribution >= 4 is 10.0 Å². The summed E-state index contributed by atoms with van der Waals surface area (Å²) >= 11 is 0. The van der Waals surface area contributed by atoms with E-state index >= 15 is 0 Å². The van der Waals surface area contributed by atoms with Crippen LogP contribution in [0.25, 0.3) is 0 Å². The molecule has 1 N–H and O–H groups in total. The van der Waals surface area contributed by atoms with Crippen LogP contribution in [0.3, 0.4) is 0 Å². The zero-order valence-corrected chi connectivity index (χ0v) is 14.1. The second-order valence-electron chi connectivity index (χ2n) is 5.30. The van der Waals surface area contributed by atoms with Gasteiger partial charge in [0.25, 0.3) is 0 Å². The molecule has 0 aromatic heterocycles. The van der Waals surface area contributed by atoms with Gasteiger partial charge in [-0.15, -0.1) is 0 Å². The van der Waals surface area contributed by atoms with Crippen molar-refractivity contribution < 1.29 is 13.2 Å². The van der Waals surface area contributed by atoms with Crippen molar-refractivity contribution in [2.75, 3.05) is 7.11 Å². The lowest BCUT2D eigenvalue weighted by Crippen LogP contribution is -2.24. The van der Waals surface area contributed by atoms with Gasteiger partial charge in [0.2, 0.25) is 10.0 Å². The third-order valence-electron chi connectivity index (χ3n) is 3.92. The standard InChI is InChI=1S/C17H21NO3S/c1-12-5-10-17(14(3)13(12)2)22(19,20)18-11-15-6-8-16(21-4)9-7-15/h5-10,18H,11H2,1-4H3. The first-order chi connectivity index (χ1) is 10.3. The summed E-state index contributed by atoms with van der Waals surface area (Å²) in [6.45, 7) is 6.00. The number of rotatable bonds is 5. The van der Waals surface area contributed by atoms with Crippen LogP contribution in [0.2, 0.25) is 0 Å². The van der Waals surface area contributed by atoms with Crippen molar-refractivity contribution in [1.82, 2.24) is 4.72 Å². The molecular weight excluding hydrogens is 298 g/mol. The number of aryl methyl sites for hydroxylation is 1. The molecule has 0 bridgehead atoms. The van der Waals surface area contributed by atoms with Crippen molar-refractivity contribution in [2.24, 2.45) is 0 Å². The molecule has 0 unspecified atom stereocenters. The molecule has 0 fully saturated rings. The fourth-order valence-electron chi connectivity index (χ4n) is 2.22. The fraction of sp³-hybridized carbons (Fsp3) is 0.294. The minimum absolute atomic E-state index is 0.249. The molecular formula is C17H21NO3S. The summed E-state index contributed by atoms with van der Waals surface area (Å²) in [5, 5.41) is 0. The van der Waals surface area contributed by atoms with Crippen molar-refractivity contribution in [1.29, 1.82) is 0 Å². The molecule has 22 heavy (non-hydrogen) atoms. The number of hydrogen-bond acceptors (Lipinski definition) is 3. The Balaban J connectivity index is 2.19. The van der Waals surface area contributed by atoms with Gasteiger partial charge in [-0.2, -0.15) is 0 Å². The van der Waals surface area contributed by atoms with E-state index in [1.54, 1.807) is 13.2 Å². The molecule has 0 aliphatic rings. The predicted octanol–water partition coefficient (Wildman–Crippen LogP) is 3.10. The van der Waals surface area contributed by atoms with Gasteiger partial charge in [0.15, 0.2) is 0 Å². The lowest BCUT2D eigenvalue weighted by Gasteiger charge is -2.13. The van der Waals surface area contributed by atoms with Crippen LogP contribution in [0.15, 0.2) is 41.3 Å². The van der Waals surface area contributed by atoms with Crippen LogP contribution in [-0.4, -0.2) is 15.5 Å². The lowest BCUT2D eigenvalue weighted by molar-refractivity contribution is 0.414. The third-order valence-corrected chi connectivity index (χ3v) is 5.47. The summed E-state index contributed by atoms with van der Waals surface area (Å²) in [4.78, 5) is 0.337. The molecule has 0 amide bonds. The summed E-state index contributed by atoms with van der Waals surface area (Å²) < 4.78 is 32.7. The van der Waals surface area contributed by atoms with Crippen LogP contribution < -0.4 is 9.46 Å². The van der Waals surface area contributed by atoms with E-state index in [0.29, 0.717) is 4.90 Å². The molecule has 0 saturated carbocycles. The Bertz CT molecular complexity index is 765.